The first-order valence-corrected chi connectivity index (χ1v) is 35.1. The summed E-state index contributed by atoms with van der Waals surface area (Å²) in [5, 5.41) is 37.1. The van der Waals surface area contributed by atoms with Gasteiger partial charge in [0.15, 0.2) is 0 Å². The van der Waals surface area contributed by atoms with E-state index in [0.717, 1.165) is 87.4 Å². The summed E-state index contributed by atoms with van der Waals surface area (Å²) >= 11 is 3.76. The summed E-state index contributed by atoms with van der Waals surface area (Å²) in [5.41, 5.74) is 10.3. The number of nitrogens with one attached hydrogen (secondary N) is 1. The lowest BCUT2D eigenvalue weighted by atomic mass is 9.78. The van der Waals surface area contributed by atoms with E-state index in [4.69, 9.17) is 9.47 Å². The third-order valence-electron chi connectivity index (χ3n) is 16.6. The minimum atomic E-state index is -0.544. The number of phenolic OH excluding ortho intramolecular Hbond substituents is 3. The molecule has 2 atom stereocenters. The second-order valence-electron chi connectivity index (χ2n) is 31.0. The Morgan fingerprint density at radius 2 is 0.872 bits per heavy atom. The third kappa shape index (κ3) is 24.0. The molecule has 4 N–H and O–H groups in total. The summed E-state index contributed by atoms with van der Waals surface area (Å²) in [7, 11) is 0. The fourth-order valence-corrected chi connectivity index (χ4v) is 13.6. The minimum absolute atomic E-state index is 0.177. The molecule has 3 aromatic rings. The van der Waals surface area contributed by atoms with Gasteiger partial charge in [-0.15, -0.1) is 0 Å². The fourth-order valence-electron chi connectivity index (χ4n) is 11.4. The molecule has 1 aliphatic heterocycles. The number of phenols is 3. The van der Waals surface area contributed by atoms with Gasteiger partial charge in [0.2, 0.25) is 0 Å². The van der Waals surface area contributed by atoms with Gasteiger partial charge in [0.05, 0.1) is 19.9 Å². The number of hydrogen-bond donors (Lipinski definition) is 4. The van der Waals surface area contributed by atoms with Crippen LogP contribution in [0.3, 0.4) is 0 Å². The number of anilines is 1. The number of aromatic hydroxyl groups is 3. The lowest BCUT2D eigenvalue weighted by Gasteiger charge is -2.49. The first-order chi connectivity index (χ1) is 40.0. The molecule has 1 heterocycles. The molecule has 13 heteroatoms. The van der Waals surface area contributed by atoms with E-state index in [2.05, 4.69) is 182 Å². The van der Waals surface area contributed by atoms with Crippen molar-refractivity contribution in [3.63, 3.8) is 0 Å². The number of hydrazine groups is 1. The van der Waals surface area contributed by atoms with Crippen molar-refractivity contribution in [2.75, 3.05) is 36.9 Å². The maximum Gasteiger partial charge on any atom is 0.306 e. The Morgan fingerprint density at radius 1 is 0.500 bits per heavy atom. The number of esters is 2. The molecule has 1 aliphatic rings. The Hall–Kier alpha value is -3.62. The van der Waals surface area contributed by atoms with Crippen LogP contribution < -0.4 is 5.43 Å². The monoisotopic (exact) mass is 1230 g/mol. The standard InChI is InChI=1S/C73H122N4O7S2/c1-21-23-25-27-29-34-42-85-75-50-76(74-54-48-59(72(15,16)17)66(82)60(49-54)73(18,19)20)67(77(51-75)86-43-35-30-28-26-24-22-2)61(84-63(79)40-38-53-46-57(70(9,10)11)65(81)58(47-53)71(12,13)14)36-32-31-33-41-83-62(78)39-37-52-44-55(68(3,4)5)64(80)56(45-52)69(6,7)8/h44-49,61,67,74,80-82H,21-43,50-51H2,1-20H3. The third-order valence-corrected chi connectivity index (χ3v) is 18.8. The summed E-state index contributed by atoms with van der Waals surface area (Å²) in [6.07, 6.45) is 17.9. The molecule has 2 unspecified atom stereocenters. The van der Waals surface area contributed by atoms with Gasteiger partial charge < -0.3 is 30.2 Å². The predicted octanol–water partition coefficient (Wildman–Crippen LogP) is 19.4. The molecule has 0 bridgehead atoms. The van der Waals surface area contributed by atoms with E-state index >= 15 is 0 Å². The van der Waals surface area contributed by atoms with Crippen LogP contribution in [0.5, 0.6) is 17.2 Å². The quantitative estimate of drug-likeness (QED) is 0.0205. The first kappa shape index (κ1) is 74.8. The molecule has 0 amide bonds. The van der Waals surface area contributed by atoms with Crippen molar-refractivity contribution in [2.24, 2.45) is 0 Å². The number of benzene rings is 3. The fraction of sp³-hybridized carbons (Fsp3) is 0.726. The van der Waals surface area contributed by atoms with Gasteiger partial charge in [-0.2, -0.15) is 5.01 Å². The number of unbranched alkanes of at least 4 members (excludes halogenated alkanes) is 12. The lowest BCUT2D eigenvalue weighted by molar-refractivity contribution is -0.159. The summed E-state index contributed by atoms with van der Waals surface area (Å²) in [4.78, 5) is 28.2. The Balaban J connectivity index is 1.73. The van der Waals surface area contributed by atoms with E-state index in [1.807, 2.05) is 36.0 Å². The highest BCUT2D eigenvalue weighted by atomic mass is 32.2. The van der Waals surface area contributed by atoms with Crippen LogP contribution >= 0.6 is 23.9 Å². The summed E-state index contributed by atoms with van der Waals surface area (Å²) in [6.45, 7) is 44.3. The van der Waals surface area contributed by atoms with Crippen LogP contribution in [0.4, 0.5) is 5.69 Å². The number of ether oxygens (including phenoxy) is 2. The molecular weight excluding hydrogens is 1110 g/mol. The summed E-state index contributed by atoms with van der Waals surface area (Å²) in [5.74, 6) is 2.44. The second kappa shape index (κ2) is 33.4. The van der Waals surface area contributed by atoms with Crippen molar-refractivity contribution in [1.29, 1.82) is 0 Å². The molecule has 11 nitrogen and oxygen atoms in total. The van der Waals surface area contributed by atoms with Crippen LogP contribution in [-0.2, 0) is 64.4 Å². The Labute approximate surface area is 533 Å². The zero-order chi connectivity index (χ0) is 64.4. The zero-order valence-corrected chi connectivity index (χ0v) is 59.6. The summed E-state index contributed by atoms with van der Waals surface area (Å²) < 4.78 is 17.8. The van der Waals surface area contributed by atoms with E-state index < -0.39 is 6.10 Å². The van der Waals surface area contributed by atoms with E-state index in [0.29, 0.717) is 62.9 Å². The van der Waals surface area contributed by atoms with Gasteiger partial charge in [0.25, 0.3) is 0 Å². The maximum absolute atomic E-state index is 14.8. The second-order valence-corrected chi connectivity index (χ2v) is 33.3. The molecule has 86 heavy (non-hydrogen) atoms. The molecule has 488 valence electrons. The highest BCUT2D eigenvalue weighted by Crippen LogP contribution is 2.44. The van der Waals surface area contributed by atoms with Crippen LogP contribution in [0.1, 0.15) is 299 Å². The van der Waals surface area contributed by atoms with Gasteiger partial charge in [0.1, 0.15) is 29.5 Å². The topological polar surface area (TPSA) is 135 Å². The largest absolute Gasteiger partial charge is 0.507 e. The molecule has 3 aromatic carbocycles. The van der Waals surface area contributed by atoms with E-state index in [-0.39, 0.29) is 63.4 Å². The number of rotatable bonds is 32. The van der Waals surface area contributed by atoms with Gasteiger partial charge >= 0.3 is 11.9 Å². The first-order valence-electron chi connectivity index (χ1n) is 33.2. The SMILES string of the molecule is CCCCCCCCSN1CN(Nc2cc(C(C)(C)C)c(O)c(C(C)(C)C)c2)C(C(CCCCCOC(=O)CCc2cc(C(C)(C)C)c(O)c(C(C)(C)C)c2)OC(=O)CCc2cc(C(C)(C)C)c(O)c(C(C)(C)C)c2)N(SCCCCCCCC)C1. The smallest absolute Gasteiger partial charge is 0.306 e. The number of carbonyl (C=O) groups excluding carboxylic acids is 2. The lowest BCUT2D eigenvalue weighted by Crippen LogP contribution is -2.64. The zero-order valence-electron chi connectivity index (χ0n) is 57.9. The minimum Gasteiger partial charge on any atom is -0.507 e. The average Bonchev–Trinajstić information content (AvgIpc) is 1.28. The van der Waals surface area contributed by atoms with Crippen molar-refractivity contribution in [3.05, 3.63) is 80.9 Å². The average molecular weight is 1230 g/mol. The molecular formula is C73H122N4O7S2. The molecule has 0 aliphatic carbocycles. The normalized spacial score (nSPS) is 15.7. The highest BCUT2D eigenvalue weighted by molar-refractivity contribution is 7.97. The van der Waals surface area contributed by atoms with Crippen LogP contribution in [0.2, 0.25) is 0 Å². The molecule has 0 saturated carbocycles. The molecule has 0 radical (unpaired) electrons. The number of hydrogen-bond acceptors (Lipinski definition) is 13. The predicted molar refractivity (Wildman–Crippen MR) is 367 cm³/mol. The van der Waals surface area contributed by atoms with Crippen molar-refractivity contribution in [1.82, 2.24) is 13.6 Å². The molecule has 4 rings (SSSR count). The van der Waals surface area contributed by atoms with Gasteiger partial charge in [-0.05, 0) is 129 Å². The molecule has 1 saturated heterocycles. The Kier molecular flexibility index (Phi) is 29.1. The van der Waals surface area contributed by atoms with Crippen LogP contribution in [-0.4, -0.2) is 84.6 Å². The van der Waals surface area contributed by atoms with Crippen LogP contribution in [0, 0.1) is 0 Å². The molecule has 0 spiro atoms. The number of aryl methyl sites for hydroxylation is 2. The van der Waals surface area contributed by atoms with E-state index in [1.165, 1.54) is 64.2 Å². The van der Waals surface area contributed by atoms with E-state index in [9.17, 15) is 24.9 Å². The van der Waals surface area contributed by atoms with Crippen molar-refractivity contribution >= 4 is 41.5 Å². The van der Waals surface area contributed by atoms with Gasteiger partial charge in [-0.3, -0.25) is 9.59 Å². The molecule has 0 aromatic heterocycles. The number of nitrogens with zero attached hydrogens (tertiary/aromatic N) is 3. The summed E-state index contributed by atoms with van der Waals surface area (Å²) in [6, 6.07) is 12.4. The van der Waals surface area contributed by atoms with Crippen LogP contribution in [0.25, 0.3) is 0 Å². The highest BCUT2D eigenvalue weighted by Gasteiger charge is 2.42. The van der Waals surface area contributed by atoms with Gasteiger partial charge in [-0.1, -0.05) is 251 Å². The van der Waals surface area contributed by atoms with Gasteiger partial charge in [-0.25, -0.2) is 8.61 Å². The number of carbonyl (C=O) groups is 2. The Bertz CT molecular complexity index is 2470. The van der Waals surface area contributed by atoms with Crippen LogP contribution in [0.15, 0.2) is 36.4 Å². The maximum atomic E-state index is 14.8. The molecule has 1 fully saturated rings. The van der Waals surface area contributed by atoms with E-state index in [1.54, 1.807) is 0 Å². The Morgan fingerprint density at radius 3 is 1.29 bits per heavy atom. The van der Waals surface area contributed by atoms with Crippen molar-refractivity contribution in [2.45, 2.75) is 312 Å². The van der Waals surface area contributed by atoms with Gasteiger partial charge in [0, 0.05) is 41.2 Å². The van der Waals surface area contributed by atoms with Crippen molar-refractivity contribution in [3.8, 4) is 17.2 Å². The van der Waals surface area contributed by atoms with Crippen molar-refractivity contribution < 1.29 is 34.4 Å².